The molecule has 0 aromatic heterocycles. The molecule has 0 spiro atoms. The first-order chi connectivity index (χ1) is 20.3. The van der Waals surface area contributed by atoms with Crippen molar-refractivity contribution in [1.29, 1.82) is 0 Å². The molecule has 0 unspecified atom stereocenters. The van der Waals surface area contributed by atoms with Gasteiger partial charge in [-0.25, -0.2) is 0 Å². The van der Waals surface area contributed by atoms with Crippen LogP contribution in [0.1, 0.15) is 221 Å². The van der Waals surface area contributed by atoms with Crippen LogP contribution in [-0.2, 0) is 19.1 Å². The van der Waals surface area contributed by atoms with E-state index in [0.29, 0.717) is 12.8 Å². The largest absolute Gasteiger partial charge is 0.463 e. The van der Waals surface area contributed by atoms with Crippen LogP contribution in [0.15, 0.2) is 0 Å². The minimum atomic E-state index is -0.0362. The van der Waals surface area contributed by atoms with Gasteiger partial charge in [-0.2, -0.15) is 0 Å². The third-order valence-corrected chi connectivity index (χ3v) is 7.70. The second-order valence-electron chi connectivity index (χ2n) is 13.1. The van der Waals surface area contributed by atoms with Gasteiger partial charge in [0.15, 0.2) is 0 Å². The number of carbonyl (C=O) groups excluding carboxylic acids is 2. The average Bonchev–Trinajstić information content (AvgIpc) is 2.93. The first-order valence-electron chi connectivity index (χ1n) is 18.7. The SMILES string of the molecule is CCCCCCCCCCCCCC(=O)OC(C)C.CCCCCCCCCCCCCCCCCC(=O)OC(C)C. The Bertz CT molecular complexity index is 543. The van der Waals surface area contributed by atoms with Crippen molar-refractivity contribution < 1.29 is 19.1 Å². The zero-order valence-corrected chi connectivity index (χ0v) is 29.6. The number of rotatable bonds is 30. The molecule has 0 N–H and O–H groups in total. The van der Waals surface area contributed by atoms with Crippen LogP contribution in [-0.4, -0.2) is 24.1 Å². The van der Waals surface area contributed by atoms with Crippen LogP contribution in [0.25, 0.3) is 0 Å². The van der Waals surface area contributed by atoms with Crippen molar-refractivity contribution in [3.63, 3.8) is 0 Å². The molecule has 0 saturated carbocycles. The van der Waals surface area contributed by atoms with Crippen molar-refractivity contribution in [2.24, 2.45) is 0 Å². The Labute approximate surface area is 264 Å². The minimum absolute atomic E-state index is 0.0267. The highest BCUT2D eigenvalue weighted by atomic mass is 16.5. The van der Waals surface area contributed by atoms with Gasteiger partial charge in [-0.05, 0) is 40.5 Å². The van der Waals surface area contributed by atoms with E-state index in [1.165, 1.54) is 154 Å². The zero-order valence-electron chi connectivity index (χ0n) is 29.6. The van der Waals surface area contributed by atoms with Gasteiger partial charge in [0, 0.05) is 12.8 Å². The molecule has 4 nitrogen and oxygen atoms in total. The molecule has 42 heavy (non-hydrogen) atoms. The van der Waals surface area contributed by atoms with Crippen LogP contribution in [0.4, 0.5) is 0 Å². The summed E-state index contributed by atoms with van der Waals surface area (Å²) in [5, 5.41) is 0. The molecule has 0 saturated heterocycles. The van der Waals surface area contributed by atoms with Gasteiger partial charge in [0.05, 0.1) is 12.2 Å². The van der Waals surface area contributed by atoms with Crippen molar-refractivity contribution in [1.82, 2.24) is 0 Å². The highest BCUT2D eigenvalue weighted by Gasteiger charge is 2.05. The summed E-state index contributed by atoms with van der Waals surface area (Å²) in [6.45, 7) is 12.2. The highest BCUT2D eigenvalue weighted by Crippen LogP contribution is 2.14. The van der Waals surface area contributed by atoms with E-state index in [0.717, 1.165) is 12.8 Å². The summed E-state index contributed by atoms with van der Waals surface area (Å²) in [4.78, 5) is 22.7. The van der Waals surface area contributed by atoms with Crippen molar-refractivity contribution >= 4 is 11.9 Å². The van der Waals surface area contributed by atoms with E-state index in [1.807, 2.05) is 27.7 Å². The fourth-order valence-corrected chi connectivity index (χ4v) is 5.22. The Morgan fingerprint density at radius 2 is 0.548 bits per heavy atom. The van der Waals surface area contributed by atoms with Gasteiger partial charge in [-0.3, -0.25) is 9.59 Å². The lowest BCUT2D eigenvalue weighted by atomic mass is 10.0. The summed E-state index contributed by atoms with van der Waals surface area (Å²) in [6.07, 6.45) is 36.0. The van der Waals surface area contributed by atoms with Crippen molar-refractivity contribution in [3.05, 3.63) is 0 Å². The smallest absolute Gasteiger partial charge is 0.306 e. The van der Waals surface area contributed by atoms with Crippen LogP contribution >= 0.6 is 0 Å². The maximum atomic E-state index is 11.4. The van der Waals surface area contributed by atoms with Gasteiger partial charge in [-0.1, -0.05) is 168 Å². The monoisotopic (exact) mass is 597 g/mol. The first-order valence-corrected chi connectivity index (χ1v) is 18.7. The summed E-state index contributed by atoms with van der Waals surface area (Å²) in [7, 11) is 0. The minimum Gasteiger partial charge on any atom is -0.463 e. The molecule has 0 heterocycles. The molecule has 252 valence electrons. The summed E-state index contributed by atoms with van der Waals surface area (Å²) in [5.41, 5.74) is 0. The van der Waals surface area contributed by atoms with E-state index in [1.54, 1.807) is 0 Å². The Hall–Kier alpha value is -1.06. The van der Waals surface area contributed by atoms with Crippen molar-refractivity contribution in [2.45, 2.75) is 234 Å². The van der Waals surface area contributed by atoms with Gasteiger partial charge >= 0.3 is 11.9 Å². The first kappa shape index (κ1) is 43.1. The molecule has 0 rings (SSSR count). The molecule has 0 radical (unpaired) electrons. The average molecular weight is 597 g/mol. The molecule has 0 amide bonds. The molecule has 0 atom stereocenters. The summed E-state index contributed by atoms with van der Waals surface area (Å²) < 4.78 is 10.2. The predicted octanol–water partition coefficient (Wildman–Crippen LogP) is 12.8. The molecule has 0 bridgehead atoms. The molecule has 0 aliphatic carbocycles. The second-order valence-corrected chi connectivity index (χ2v) is 13.1. The highest BCUT2D eigenvalue weighted by molar-refractivity contribution is 5.69. The third kappa shape index (κ3) is 41.1. The number of ether oxygens (including phenoxy) is 2. The van der Waals surface area contributed by atoms with Crippen LogP contribution < -0.4 is 0 Å². The van der Waals surface area contributed by atoms with E-state index in [9.17, 15) is 9.59 Å². The van der Waals surface area contributed by atoms with Gasteiger partial charge in [-0.15, -0.1) is 0 Å². The van der Waals surface area contributed by atoms with Gasteiger partial charge in [0.25, 0.3) is 0 Å². The number of hydrogen-bond acceptors (Lipinski definition) is 4. The maximum absolute atomic E-state index is 11.4. The number of esters is 2. The summed E-state index contributed by atoms with van der Waals surface area (Å²) in [5.74, 6) is -0.0689. The van der Waals surface area contributed by atoms with Crippen LogP contribution in [0.5, 0.6) is 0 Å². The van der Waals surface area contributed by atoms with Crippen LogP contribution in [0.3, 0.4) is 0 Å². The molecule has 0 fully saturated rings. The number of carbonyl (C=O) groups is 2. The van der Waals surface area contributed by atoms with E-state index < -0.39 is 0 Å². The zero-order chi connectivity index (χ0) is 31.5. The van der Waals surface area contributed by atoms with Crippen LogP contribution in [0.2, 0.25) is 0 Å². The molecule has 0 aliphatic heterocycles. The van der Waals surface area contributed by atoms with Crippen molar-refractivity contribution in [3.8, 4) is 0 Å². The van der Waals surface area contributed by atoms with Gasteiger partial charge in [0.2, 0.25) is 0 Å². The molecule has 0 aromatic rings. The summed E-state index contributed by atoms with van der Waals surface area (Å²) >= 11 is 0. The standard InChI is InChI=1S/C21H42O2.C17H34O2/c1-4-5-6-7-8-9-10-11-12-13-14-15-16-17-18-19-21(22)23-20(2)3;1-4-5-6-7-8-9-10-11-12-13-14-15-17(18)19-16(2)3/h20H,4-19H2,1-3H3;16H,4-15H2,1-3H3. The molecule has 0 aromatic carbocycles. The second kappa shape index (κ2) is 36.1. The van der Waals surface area contributed by atoms with Crippen molar-refractivity contribution in [2.75, 3.05) is 0 Å². The summed E-state index contributed by atoms with van der Waals surface area (Å²) in [6, 6.07) is 0. The lowest BCUT2D eigenvalue weighted by Gasteiger charge is -2.07. The normalized spacial score (nSPS) is 11.0. The molecule has 4 heteroatoms. The van der Waals surface area contributed by atoms with E-state index >= 15 is 0 Å². The van der Waals surface area contributed by atoms with Gasteiger partial charge in [0.1, 0.15) is 0 Å². The fourth-order valence-electron chi connectivity index (χ4n) is 5.22. The molecular formula is C38H76O4. The quantitative estimate of drug-likeness (QED) is 0.0611. The lowest BCUT2D eigenvalue weighted by molar-refractivity contribution is -0.148. The predicted molar refractivity (Wildman–Crippen MR) is 183 cm³/mol. The fraction of sp³-hybridized carbons (Fsp3) is 0.947. The number of unbranched alkanes of at least 4 members (excludes halogenated alkanes) is 24. The third-order valence-electron chi connectivity index (χ3n) is 7.70. The Balaban J connectivity index is 0. The maximum Gasteiger partial charge on any atom is 0.306 e. The Morgan fingerprint density at radius 1 is 0.357 bits per heavy atom. The number of hydrogen-bond donors (Lipinski definition) is 0. The Kier molecular flexibility index (Phi) is 37.1. The van der Waals surface area contributed by atoms with Crippen LogP contribution in [0, 0.1) is 0 Å². The van der Waals surface area contributed by atoms with E-state index in [-0.39, 0.29) is 24.1 Å². The lowest BCUT2D eigenvalue weighted by Crippen LogP contribution is -2.10. The topological polar surface area (TPSA) is 52.6 Å². The molecule has 0 aliphatic rings. The van der Waals surface area contributed by atoms with E-state index in [2.05, 4.69) is 13.8 Å². The Morgan fingerprint density at radius 3 is 0.738 bits per heavy atom. The molecular weight excluding hydrogens is 520 g/mol. The van der Waals surface area contributed by atoms with Gasteiger partial charge < -0.3 is 9.47 Å². The van der Waals surface area contributed by atoms with E-state index in [4.69, 9.17) is 9.47 Å².